The molecular formula is C19H27N3O5. The molecule has 8 nitrogen and oxygen atoms in total. The number of ether oxygens (including phenoxy) is 2. The fourth-order valence-corrected chi connectivity index (χ4v) is 2.58. The number of nitrogens with zero attached hydrogens (tertiary/aromatic N) is 1. The maximum absolute atomic E-state index is 12.5. The van der Waals surface area contributed by atoms with Gasteiger partial charge in [-0.15, -0.1) is 0 Å². The first kappa shape index (κ1) is 20.5. The second-order valence-corrected chi connectivity index (χ2v) is 7.39. The molecular weight excluding hydrogens is 350 g/mol. The minimum atomic E-state index is -0.791. The SMILES string of the molecule is CC(C)(C)OC(=O)N(C[C@H]1CCCNC1=O)NC(=O)OCc1ccccc1. The molecule has 0 unspecified atom stereocenters. The smallest absolute Gasteiger partial charge is 0.429 e. The lowest BCUT2D eigenvalue weighted by molar-refractivity contribution is -0.127. The van der Waals surface area contributed by atoms with E-state index in [0.29, 0.717) is 13.0 Å². The molecule has 27 heavy (non-hydrogen) atoms. The summed E-state index contributed by atoms with van der Waals surface area (Å²) in [5.41, 5.74) is 2.48. The summed E-state index contributed by atoms with van der Waals surface area (Å²) in [6.45, 7) is 5.88. The van der Waals surface area contributed by atoms with E-state index in [9.17, 15) is 14.4 Å². The molecule has 8 heteroatoms. The molecule has 2 rings (SSSR count). The van der Waals surface area contributed by atoms with Crippen LogP contribution in [0.15, 0.2) is 30.3 Å². The van der Waals surface area contributed by atoms with E-state index < -0.39 is 23.7 Å². The van der Waals surface area contributed by atoms with E-state index >= 15 is 0 Å². The fourth-order valence-electron chi connectivity index (χ4n) is 2.58. The summed E-state index contributed by atoms with van der Waals surface area (Å²) in [4.78, 5) is 36.6. The van der Waals surface area contributed by atoms with E-state index in [1.165, 1.54) is 0 Å². The number of nitrogens with one attached hydrogen (secondary N) is 2. The summed E-state index contributed by atoms with van der Waals surface area (Å²) in [7, 11) is 0. The summed E-state index contributed by atoms with van der Waals surface area (Å²) in [6, 6.07) is 9.19. The van der Waals surface area contributed by atoms with Gasteiger partial charge in [0.1, 0.15) is 12.2 Å². The Morgan fingerprint density at radius 3 is 2.59 bits per heavy atom. The summed E-state index contributed by atoms with van der Waals surface area (Å²) in [5, 5.41) is 3.77. The third-order valence-electron chi connectivity index (χ3n) is 3.86. The predicted octanol–water partition coefficient (Wildman–Crippen LogP) is 2.59. The normalized spacial score (nSPS) is 16.9. The van der Waals surface area contributed by atoms with Crippen LogP contribution in [0.2, 0.25) is 0 Å². The highest BCUT2D eigenvalue weighted by Gasteiger charge is 2.30. The van der Waals surface area contributed by atoms with Gasteiger partial charge in [-0.1, -0.05) is 30.3 Å². The van der Waals surface area contributed by atoms with Crippen molar-refractivity contribution in [3.05, 3.63) is 35.9 Å². The first-order valence-corrected chi connectivity index (χ1v) is 9.00. The molecule has 1 heterocycles. The lowest BCUT2D eigenvalue weighted by atomic mass is 9.98. The largest absolute Gasteiger partial charge is 0.443 e. The summed E-state index contributed by atoms with van der Waals surface area (Å²) in [6.07, 6.45) is -0.0819. The van der Waals surface area contributed by atoms with Gasteiger partial charge in [0.25, 0.3) is 0 Å². The molecule has 1 aliphatic heterocycles. The highest BCUT2D eigenvalue weighted by atomic mass is 16.6. The Hall–Kier alpha value is -2.77. The Bertz CT molecular complexity index is 657. The van der Waals surface area contributed by atoms with Crippen molar-refractivity contribution in [1.82, 2.24) is 15.8 Å². The van der Waals surface area contributed by atoms with Crippen molar-refractivity contribution < 1.29 is 23.9 Å². The zero-order valence-corrected chi connectivity index (χ0v) is 16.0. The van der Waals surface area contributed by atoms with Crippen LogP contribution in [0.4, 0.5) is 9.59 Å². The molecule has 1 aromatic rings. The van der Waals surface area contributed by atoms with E-state index in [-0.39, 0.29) is 19.1 Å². The Kier molecular flexibility index (Phi) is 7.04. The van der Waals surface area contributed by atoms with Gasteiger partial charge in [0.15, 0.2) is 0 Å². The topological polar surface area (TPSA) is 97.0 Å². The number of carbonyl (C=O) groups excluding carboxylic acids is 3. The molecule has 1 fully saturated rings. The van der Waals surface area contributed by atoms with Gasteiger partial charge < -0.3 is 14.8 Å². The van der Waals surface area contributed by atoms with Crippen molar-refractivity contribution in [2.45, 2.75) is 45.8 Å². The van der Waals surface area contributed by atoms with Crippen LogP contribution in [0, 0.1) is 5.92 Å². The lowest BCUT2D eigenvalue weighted by Gasteiger charge is -2.31. The molecule has 0 bridgehead atoms. The first-order chi connectivity index (χ1) is 12.7. The highest BCUT2D eigenvalue weighted by Crippen LogP contribution is 2.15. The number of carbonyl (C=O) groups is 3. The van der Waals surface area contributed by atoms with Crippen molar-refractivity contribution >= 4 is 18.1 Å². The van der Waals surface area contributed by atoms with Gasteiger partial charge in [-0.25, -0.2) is 20.0 Å². The average molecular weight is 377 g/mol. The van der Waals surface area contributed by atoms with E-state index in [2.05, 4.69) is 10.7 Å². The number of amides is 3. The molecule has 1 atom stereocenters. The number of hydrazine groups is 1. The molecule has 1 aromatic carbocycles. The Balaban J connectivity index is 1.98. The maximum atomic E-state index is 12.5. The Morgan fingerprint density at radius 2 is 1.96 bits per heavy atom. The van der Waals surface area contributed by atoms with Gasteiger partial charge in [0.2, 0.25) is 5.91 Å². The standard InChI is InChI=1S/C19H27N3O5/c1-19(2,3)27-18(25)22(12-15-10-7-11-20-16(15)23)21-17(24)26-13-14-8-5-4-6-9-14/h4-6,8-9,15H,7,10-13H2,1-3H3,(H,20,23)(H,21,24)/t15-/m1/s1. The van der Waals surface area contributed by atoms with Crippen LogP contribution in [-0.2, 0) is 20.9 Å². The van der Waals surface area contributed by atoms with Gasteiger partial charge in [-0.3, -0.25) is 4.79 Å². The summed E-state index contributed by atoms with van der Waals surface area (Å²) < 4.78 is 10.5. The lowest BCUT2D eigenvalue weighted by Crippen LogP contribution is -2.53. The number of rotatable bonds is 4. The van der Waals surface area contributed by atoms with Gasteiger partial charge >= 0.3 is 12.2 Å². The van der Waals surface area contributed by atoms with Crippen molar-refractivity contribution in [3.63, 3.8) is 0 Å². The van der Waals surface area contributed by atoms with Crippen molar-refractivity contribution in [1.29, 1.82) is 0 Å². The highest BCUT2D eigenvalue weighted by molar-refractivity contribution is 5.80. The van der Waals surface area contributed by atoms with Crippen LogP contribution in [0.5, 0.6) is 0 Å². The molecule has 0 aromatic heterocycles. The molecule has 0 saturated carbocycles. The van der Waals surface area contributed by atoms with Crippen molar-refractivity contribution in [3.8, 4) is 0 Å². The molecule has 1 aliphatic rings. The van der Waals surface area contributed by atoms with Crippen LogP contribution in [0.3, 0.4) is 0 Å². The van der Waals surface area contributed by atoms with Crippen LogP contribution in [0.25, 0.3) is 0 Å². The zero-order valence-electron chi connectivity index (χ0n) is 16.0. The third kappa shape index (κ3) is 7.16. The quantitative estimate of drug-likeness (QED) is 0.786. The minimum absolute atomic E-state index is 0.0151. The molecule has 0 spiro atoms. The Morgan fingerprint density at radius 1 is 1.26 bits per heavy atom. The second kappa shape index (κ2) is 9.25. The summed E-state index contributed by atoms with van der Waals surface area (Å²) in [5.74, 6) is -0.560. The minimum Gasteiger partial charge on any atom is -0.443 e. The third-order valence-corrected chi connectivity index (χ3v) is 3.86. The van der Waals surface area contributed by atoms with Gasteiger partial charge in [-0.05, 0) is 39.2 Å². The molecule has 3 amide bonds. The number of hydrogen-bond acceptors (Lipinski definition) is 5. The van der Waals surface area contributed by atoms with Gasteiger partial charge in [-0.2, -0.15) is 0 Å². The van der Waals surface area contributed by atoms with Crippen LogP contribution >= 0.6 is 0 Å². The van der Waals surface area contributed by atoms with Gasteiger partial charge in [0.05, 0.1) is 12.5 Å². The molecule has 0 aliphatic carbocycles. The molecule has 2 N–H and O–H groups in total. The predicted molar refractivity (Wildman–Crippen MR) is 98.4 cm³/mol. The van der Waals surface area contributed by atoms with Crippen molar-refractivity contribution in [2.24, 2.45) is 5.92 Å². The van der Waals surface area contributed by atoms with E-state index in [1.54, 1.807) is 20.8 Å². The molecule has 0 radical (unpaired) electrons. The summed E-state index contributed by atoms with van der Waals surface area (Å²) >= 11 is 0. The molecule has 1 saturated heterocycles. The van der Waals surface area contributed by atoms with Crippen molar-refractivity contribution in [2.75, 3.05) is 13.1 Å². The van der Waals surface area contributed by atoms with E-state index in [0.717, 1.165) is 17.0 Å². The number of hydrogen-bond donors (Lipinski definition) is 2. The fraction of sp³-hybridized carbons (Fsp3) is 0.526. The number of benzene rings is 1. The monoisotopic (exact) mass is 377 g/mol. The first-order valence-electron chi connectivity index (χ1n) is 9.00. The second-order valence-electron chi connectivity index (χ2n) is 7.39. The Labute approximate surface area is 159 Å². The number of piperidine rings is 1. The molecule has 148 valence electrons. The van der Waals surface area contributed by atoms with Gasteiger partial charge in [0, 0.05) is 6.54 Å². The maximum Gasteiger partial charge on any atom is 0.429 e. The zero-order chi connectivity index (χ0) is 19.9. The van der Waals surface area contributed by atoms with Crippen LogP contribution in [0.1, 0.15) is 39.2 Å². The van der Waals surface area contributed by atoms with E-state index in [4.69, 9.17) is 9.47 Å². The van der Waals surface area contributed by atoms with Crippen LogP contribution in [-0.4, -0.2) is 41.8 Å². The average Bonchev–Trinajstić information content (AvgIpc) is 2.60. The van der Waals surface area contributed by atoms with Crippen LogP contribution < -0.4 is 10.7 Å². The van der Waals surface area contributed by atoms with E-state index in [1.807, 2.05) is 30.3 Å².